The lowest BCUT2D eigenvalue weighted by atomic mass is 9.97. The van der Waals surface area contributed by atoms with E-state index in [-0.39, 0.29) is 23.6 Å². The van der Waals surface area contributed by atoms with Gasteiger partial charge in [-0.25, -0.2) is 0 Å². The molecule has 0 saturated carbocycles. The van der Waals surface area contributed by atoms with Crippen LogP contribution in [-0.2, 0) is 14.3 Å². The normalized spacial score (nSPS) is 15.3. The summed E-state index contributed by atoms with van der Waals surface area (Å²) in [5.74, 6) is 0.0401. The van der Waals surface area contributed by atoms with Crippen LogP contribution >= 0.6 is 0 Å². The highest BCUT2D eigenvalue weighted by atomic mass is 16.5. The SMILES string of the molecule is CCOC(=O)C1CCN(C(=O)[C@H](C)Oc2ccc(C(=O)c3ccccc3)cc2)CC1. The van der Waals surface area contributed by atoms with E-state index in [0.29, 0.717) is 49.4 Å². The van der Waals surface area contributed by atoms with Gasteiger partial charge < -0.3 is 14.4 Å². The monoisotopic (exact) mass is 409 g/mol. The molecular formula is C24H27NO5. The number of carbonyl (C=O) groups is 3. The first-order valence-electron chi connectivity index (χ1n) is 10.3. The number of rotatable bonds is 7. The molecule has 0 bridgehead atoms. The highest BCUT2D eigenvalue weighted by Crippen LogP contribution is 2.21. The molecule has 1 saturated heterocycles. The molecular weight excluding hydrogens is 382 g/mol. The van der Waals surface area contributed by atoms with Crippen LogP contribution < -0.4 is 4.74 Å². The summed E-state index contributed by atoms with van der Waals surface area (Å²) in [6, 6.07) is 15.9. The molecule has 0 unspecified atom stereocenters. The van der Waals surface area contributed by atoms with Crippen LogP contribution in [0.3, 0.4) is 0 Å². The van der Waals surface area contributed by atoms with Crippen molar-refractivity contribution >= 4 is 17.7 Å². The molecule has 1 fully saturated rings. The lowest BCUT2D eigenvalue weighted by molar-refractivity contribution is -0.152. The van der Waals surface area contributed by atoms with E-state index in [1.54, 1.807) is 55.1 Å². The predicted octanol–water partition coefficient (Wildman–Crippen LogP) is 3.49. The molecule has 1 amide bonds. The largest absolute Gasteiger partial charge is 0.481 e. The molecule has 2 aromatic rings. The van der Waals surface area contributed by atoms with Gasteiger partial charge >= 0.3 is 5.97 Å². The Bertz CT molecular complexity index is 870. The molecule has 2 aromatic carbocycles. The Morgan fingerprint density at radius 2 is 1.57 bits per heavy atom. The van der Waals surface area contributed by atoms with Gasteiger partial charge in [0.25, 0.3) is 5.91 Å². The van der Waals surface area contributed by atoms with Crippen molar-refractivity contribution in [1.29, 1.82) is 0 Å². The van der Waals surface area contributed by atoms with Crippen molar-refractivity contribution in [3.05, 3.63) is 65.7 Å². The summed E-state index contributed by atoms with van der Waals surface area (Å²) in [6.07, 6.45) is 0.557. The number of likely N-dealkylation sites (tertiary alicyclic amines) is 1. The molecule has 3 rings (SSSR count). The van der Waals surface area contributed by atoms with Crippen LogP contribution in [0.1, 0.15) is 42.6 Å². The number of carbonyl (C=O) groups excluding carboxylic acids is 3. The first-order chi connectivity index (χ1) is 14.5. The minimum atomic E-state index is -0.653. The Balaban J connectivity index is 1.53. The quantitative estimate of drug-likeness (QED) is 0.517. The smallest absolute Gasteiger partial charge is 0.309 e. The molecule has 6 nitrogen and oxygen atoms in total. The Morgan fingerprint density at radius 3 is 2.17 bits per heavy atom. The molecule has 158 valence electrons. The Morgan fingerprint density at radius 1 is 0.967 bits per heavy atom. The van der Waals surface area contributed by atoms with Crippen LogP contribution in [-0.4, -0.2) is 48.4 Å². The predicted molar refractivity (Wildman–Crippen MR) is 112 cm³/mol. The van der Waals surface area contributed by atoms with Gasteiger partial charge in [-0.3, -0.25) is 14.4 Å². The number of hydrogen-bond donors (Lipinski definition) is 0. The summed E-state index contributed by atoms with van der Waals surface area (Å²) in [5.41, 5.74) is 1.19. The molecule has 0 radical (unpaired) electrons. The maximum Gasteiger partial charge on any atom is 0.309 e. The number of piperidine rings is 1. The van der Waals surface area contributed by atoms with Crippen LogP contribution in [0.4, 0.5) is 0 Å². The number of ether oxygens (including phenoxy) is 2. The first-order valence-corrected chi connectivity index (χ1v) is 10.3. The lowest BCUT2D eigenvalue weighted by Crippen LogP contribution is -2.45. The van der Waals surface area contributed by atoms with Crippen LogP contribution in [0.15, 0.2) is 54.6 Å². The zero-order valence-corrected chi connectivity index (χ0v) is 17.4. The van der Waals surface area contributed by atoms with Crippen molar-refractivity contribution < 1.29 is 23.9 Å². The number of esters is 1. The van der Waals surface area contributed by atoms with E-state index >= 15 is 0 Å². The molecule has 1 atom stereocenters. The fraction of sp³-hybridized carbons (Fsp3) is 0.375. The maximum atomic E-state index is 12.7. The van der Waals surface area contributed by atoms with E-state index in [1.807, 2.05) is 18.2 Å². The fourth-order valence-electron chi connectivity index (χ4n) is 3.55. The van der Waals surface area contributed by atoms with E-state index in [9.17, 15) is 14.4 Å². The van der Waals surface area contributed by atoms with Crippen molar-refractivity contribution in [3.63, 3.8) is 0 Å². The minimum Gasteiger partial charge on any atom is -0.481 e. The van der Waals surface area contributed by atoms with E-state index in [2.05, 4.69) is 0 Å². The van der Waals surface area contributed by atoms with Crippen LogP contribution in [0, 0.1) is 5.92 Å². The van der Waals surface area contributed by atoms with E-state index in [1.165, 1.54) is 0 Å². The third-order valence-corrected chi connectivity index (χ3v) is 5.24. The summed E-state index contributed by atoms with van der Waals surface area (Å²) >= 11 is 0. The second-order valence-corrected chi connectivity index (χ2v) is 7.33. The lowest BCUT2D eigenvalue weighted by Gasteiger charge is -2.32. The molecule has 6 heteroatoms. The van der Waals surface area contributed by atoms with Crippen LogP contribution in [0.2, 0.25) is 0 Å². The average Bonchev–Trinajstić information content (AvgIpc) is 2.79. The fourth-order valence-corrected chi connectivity index (χ4v) is 3.55. The second kappa shape index (κ2) is 10.1. The molecule has 0 aliphatic carbocycles. The highest BCUT2D eigenvalue weighted by Gasteiger charge is 2.30. The zero-order valence-electron chi connectivity index (χ0n) is 17.4. The third-order valence-electron chi connectivity index (χ3n) is 5.24. The van der Waals surface area contributed by atoms with Gasteiger partial charge in [0.15, 0.2) is 11.9 Å². The van der Waals surface area contributed by atoms with Gasteiger partial charge in [0.05, 0.1) is 12.5 Å². The van der Waals surface area contributed by atoms with Crippen molar-refractivity contribution in [2.24, 2.45) is 5.92 Å². The summed E-state index contributed by atoms with van der Waals surface area (Å²) in [4.78, 5) is 38.7. The summed E-state index contributed by atoms with van der Waals surface area (Å²) in [7, 11) is 0. The Kier molecular flexibility index (Phi) is 7.22. The van der Waals surface area contributed by atoms with Crippen molar-refractivity contribution in [2.75, 3.05) is 19.7 Å². The highest BCUT2D eigenvalue weighted by molar-refractivity contribution is 6.09. The number of ketones is 1. The summed E-state index contributed by atoms with van der Waals surface area (Å²) < 4.78 is 10.9. The van der Waals surface area contributed by atoms with Gasteiger partial charge in [0, 0.05) is 24.2 Å². The van der Waals surface area contributed by atoms with Crippen LogP contribution in [0.25, 0.3) is 0 Å². The average molecular weight is 409 g/mol. The summed E-state index contributed by atoms with van der Waals surface area (Å²) in [5, 5.41) is 0. The zero-order chi connectivity index (χ0) is 21.5. The standard InChI is InChI=1S/C24H27NO5/c1-3-29-24(28)20-13-15-25(16-14-20)23(27)17(2)30-21-11-9-19(10-12-21)22(26)18-7-5-4-6-8-18/h4-12,17,20H,3,13-16H2,1-2H3/t17-/m0/s1. The second-order valence-electron chi connectivity index (χ2n) is 7.33. The van der Waals surface area contributed by atoms with Gasteiger partial charge in [-0.05, 0) is 51.0 Å². The van der Waals surface area contributed by atoms with Crippen LogP contribution in [0.5, 0.6) is 5.75 Å². The molecule has 1 heterocycles. The Hall–Kier alpha value is -3.15. The number of amides is 1. The van der Waals surface area contributed by atoms with Crippen molar-refractivity contribution in [1.82, 2.24) is 4.90 Å². The minimum absolute atomic E-state index is 0.0595. The van der Waals surface area contributed by atoms with E-state index in [4.69, 9.17) is 9.47 Å². The van der Waals surface area contributed by atoms with Crippen molar-refractivity contribution in [3.8, 4) is 5.75 Å². The Labute approximate surface area is 176 Å². The number of hydrogen-bond acceptors (Lipinski definition) is 5. The summed E-state index contributed by atoms with van der Waals surface area (Å²) in [6.45, 7) is 4.90. The topological polar surface area (TPSA) is 72.9 Å². The molecule has 30 heavy (non-hydrogen) atoms. The molecule has 0 spiro atoms. The van der Waals surface area contributed by atoms with Gasteiger partial charge in [-0.15, -0.1) is 0 Å². The number of benzene rings is 2. The van der Waals surface area contributed by atoms with E-state index in [0.717, 1.165) is 0 Å². The van der Waals surface area contributed by atoms with Gasteiger partial charge in [0.1, 0.15) is 5.75 Å². The molecule has 0 aromatic heterocycles. The molecule has 1 aliphatic rings. The molecule has 0 N–H and O–H groups in total. The van der Waals surface area contributed by atoms with Gasteiger partial charge in [-0.1, -0.05) is 30.3 Å². The maximum absolute atomic E-state index is 12.7. The van der Waals surface area contributed by atoms with Crippen molar-refractivity contribution in [2.45, 2.75) is 32.8 Å². The third kappa shape index (κ3) is 5.26. The molecule has 1 aliphatic heterocycles. The van der Waals surface area contributed by atoms with E-state index < -0.39 is 6.10 Å². The first kappa shape index (κ1) is 21.6. The van der Waals surface area contributed by atoms with Gasteiger partial charge in [-0.2, -0.15) is 0 Å². The number of nitrogens with zero attached hydrogens (tertiary/aromatic N) is 1. The van der Waals surface area contributed by atoms with Gasteiger partial charge in [0.2, 0.25) is 0 Å².